The molecule has 0 aliphatic carbocycles. The molecule has 0 saturated heterocycles. The summed E-state index contributed by atoms with van der Waals surface area (Å²) in [5.41, 5.74) is 1.87. The van der Waals surface area contributed by atoms with Crippen LogP contribution in [0.3, 0.4) is 0 Å². The fraction of sp³-hybridized carbons (Fsp3) is 0.375. The summed E-state index contributed by atoms with van der Waals surface area (Å²) in [6.07, 6.45) is 0.927. The molecule has 0 radical (unpaired) electrons. The summed E-state index contributed by atoms with van der Waals surface area (Å²) in [5.74, 6) is -1.06. The molecule has 1 aromatic heterocycles. The Morgan fingerprint density at radius 3 is 2.43 bits per heavy atom. The van der Waals surface area contributed by atoms with Crippen molar-refractivity contribution in [3.05, 3.63) is 55.7 Å². The van der Waals surface area contributed by atoms with E-state index in [1.807, 2.05) is 19.9 Å². The average molecular weight is 330 g/mol. The van der Waals surface area contributed by atoms with E-state index < -0.39 is 11.6 Å². The minimum Gasteiger partial charge on any atom is -0.306 e. The molecule has 1 heterocycles. The van der Waals surface area contributed by atoms with Gasteiger partial charge in [-0.25, -0.2) is 8.78 Å². The normalized spacial score (nSPS) is 12.7. The molecule has 0 fully saturated rings. The van der Waals surface area contributed by atoms with Gasteiger partial charge < -0.3 is 5.32 Å². The third-order valence-corrected chi connectivity index (χ3v) is 4.97. The van der Waals surface area contributed by atoms with Crippen LogP contribution in [0.5, 0.6) is 0 Å². The second-order valence-corrected chi connectivity index (χ2v) is 6.80. The van der Waals surface area contributed by atoms with E-state index in [-0.39, 0.29) is 6.04 Å². The quantitative estimate of drug-likeness (QED) is 0.776. The standard InChI is InChI=1S/C16H18ClF2NS/c1-4-5-20-15(14-7-10(3)16(17)21-14)11-6-9(2)12(18)8-13(11)19/h6-8,15,20H,4-5H2,1-3H3. The lowest BCUT2D eigenvalue weighted by Crippen LogP contribution is -2.23. The van der Waals surface area contributed by atoms with Gasteiger partial charge in [0, 0.05) is 16.5 Å². The molecule has 2 rings (SSSR count). The molecule has 0 aliphatic rings. The molecule has 0 amide bonds. The molecule has 0 saturated carbocycles. The van der Waals surface area contributed by atoms with Crippen LogP contribution in [-0.2, 0) is 0 Å². The molecule has 1 nitrogen and oxygen atoms in total. The van der Waals surface area contributed by atoms with Crippen LogP contribution in [-0.4, -0.2) is 6.54 Å². The fourth-order valence-corrected chi connectivity index (χ4v) is 3.49. The van der Waals surface area contributed by atoms with Gasteiger partial charge in [0.1, 0.15) is 11.6 Å². The zero-order chi connectivity index (χ0) is 15.6. The van der Waals surface area contributed by atoms with Crippen molar-refractivity contribution in [3.8, 4) is 0 Å². The number of thiophene rings is 1. The molecule has 0 bridgehead atoms. The fourth-order valence-electron chi connectivity index (χ4n) is 2.18. The Bertz CT molecular complexity index is 620. The number of benzene rings is 1. The Labute approximate surface area is 133 Å². The Morgan fingerprint density at radius 1 is 1.14 bits per heavy atom. The first-order valence-corrected chi connectivity index (χ1v) is 8.08. The maximum absolute atomic E-state index is 14.2. The van der Waals surface area contributed by atoms with E-state index in [1.54, 1.807) is 13.0 Å². The highest BCUT2D eigenvalue weighted by molar-refractivity contribution is 7.16. The van der Waals surface area contributed by atoms with Crippen LogP contribution in [0.25, 0.3) is 0 Å². The smallest absolute Gasteiger partial charge is 0.131 e. The third-order valence-electron chi connectivity index (χ3n) is 3.35. The van der Waals surface area contributed by atoms with Crippen LogP contribution < -0.4 is 5.32 Å². The van der Waals surface area contributed by atoms with E-state index in [1.165, 1.54) is 11.3 Å². The van der Waals surface area contributed by atoms with Crippen LogP contribution in [0, 0.1) is 25.5 Å². The van der Waals surface area contributed by atoms with Crippen LogP contribution in [0.4, 0.5) is 8.78 Å². The van der Waals surface area contributed by atoms with Crippen LogP contribution >= 0.6 is 22.9 Å². The zero-order valence-electron chi connectivity index (χ0n) is 12.3. The molecule has 1 aromatic carbocycles. The Morgan fingerprint density at radius 2 is 1.86 bits per heavy atom. The lowest BCUT2D eigenvalue weighted by atomic mass is 10.0. The predicted octanol–water partition coefficient (Wildman–Crippen LogP) is 5.39. The van der Waals surface area contributed by atoms with Gasteiger partial charge in [0.05, 0.1) is 10.4 Å². The summed E-state index contributed by atoms with van der Waals surface area (Å²) in [6, 6.07) is 4.17. The minimum atomic E-state index is -0.533. The van der Waals surface area contributed by atoms with Gasteiger partial charge >= 0.3 is 0 Å². The van der Waals surface area contributed by atoms with Gasteiger partial charge in [0.25, 0.3) is 0 Å². The van der Waals surface area contributed by atoms with E-state index in [0.29, 0.717) is 15.5 Å². The topological polar surface area (TPSA) is 12.0 Å². The van der Waals surface area contributed by atoms with E-state index in [0.717, 1.165) is 29.5 Å². The van der Waals surface area contributed by atoms with Crippen molar-refractivity contribution < 1.29 is 8.78 Å². The molecular formula is C16H18ClF2NS. The summed E-state index contributed by atoms with van der Waals surface area (Å²) in [7, 11) is 0. The van der Waals surface area contributed by atoms with Gasteiger partial charge in [-0.3, -0.25) is 0 Å². The van der Waals surface area contributed by atoms with Gasteiger partial charge in [-0.15, -0.1) is 11.3 Å². The van der Waals surface area contributed by atoms with Crippen LogP contribution in [0.15, 0.2) is 18.2 Å². The van der Waals surface area contributed by atoms with Crippen LogP contribution in [0.1, 0.15) is 41.0 Å². The number of aryl methyl sites for hydroxylation is 2. The van der Waals surface area contributed by atoms with Gasteiger partial charge in [0.15, 0.2) is 0 Å². The number of rotatable bonds is 5. The van der Waals surface area contributed by atoms with E-state index in [9.17, 15) is 8.78 Å². The Hall–Kier alpha value is -0.970. The average Bonchev–Trinajstić information content (AvgIpc) is 2.75. The van der Waals surface area contributed by atoms with Crippen molar-refractivity contribution in [2.75, 3.05) is 6.54 Å². The number of hydrogen-bond donors (Lipinski definition) is 1. The van der Waals surface area contributed by atoms with Gasteiger partial charge in [-0.2, -0.15) is 0 Å². The highest BCUT2D eigenvalue weighted by Gasteiger charge is 2.21. The summed E-state index contributed by atoms with van der Waals surface area (Å²) in [4.78, 5) is 0.941. The van der Waals surface area contributed by atoms with Crippen molar-refractivity contribution >= 4 is 22.9 Å². The second kappa shape index (κ2) is 6.86. The van der Waals surface area contributed by atoms with E-state index in [4.69, 9.17) is 11.6 Å². The highest BCUT2D eigenvalue weighted by atomic mass is 35.5. The highest BCUT2D eigenvalue weighted by Crippen LogP contribution is 2.35. The molecule has 21 heavy (non-hydrogen) atoms. The van der Waals surface area contributed by atoms with Gasteiger partial charge in [0.2, 0.25) is 0 Å². The summed E-state index contributed by atoms with van der Waals surface area (Å²) < 4.78 is 28.4. The molecule has 1 atom stereocenters. The largest absolute Gasteiger partial charge is 0.306 e. The number of nitrogens with one attached hydrogen (secondary N) is 1. The molecular weight excluding hydrogens is 312 g/mol. The minimum absolute atomic E-state index is 0.305. The Kier molecular flexibility index (Phi) is 5.36. The lowest BCUT2D eigenvalue weighted by molar-refractivity contribution is 0.533. The summed E-state index contributed by atoms with van der Waals surface area (Å²) in [5, 5.41) is 3.32. The molecule has 1 unspecified atom stereocenters. The first kappa shape index (κ1) is 16.4. The number of hydrogen-bond acceptors (Lipinski definition) is 2. The summed E-state index contributed by atoms with van der Waals surface area (Å²) >= 11 is 7.56. The molecule has 114 valence electrons. The third kappa shape index (κ3) is 3.62. The van der Waals surface area contributed by atoms with Crippen molar-refractivity contribution in [3.63, 3.8) is 0 Å². The van der Waals surface area contributed by atoms with Crippen molar-refractivity contribution in [2.45, 2.75) is 33.2 Å². The molecule has 1 N–H and O–H groups in total. The van der Waals surface area contributed by atoms with E-state index in [2.05, 4.69) is 5.32 Å². The van der Waals surface area contributed by atoms with Crippen molar-refractivity contribution in [1.82, 2.24) is 5.32 Å². The van der Waals surface area contributed by atoms with Gasteiger partial charge in [-0.1, -0.05) is 18.5 Å². The van der Waals surface area contributed by atoms with Gasteiger partial charge in [-0.05, 0) is 50.1 Å². The Balaban J connectivity index is 2.47. The monoisotopic (exact) mass is 329 g/mol. The lowest BCUT2D eigenvalue weighted by Gasteiger charge is -2.19. The molecule has 5 heteroatoms. The zero-order valence-corrected chi connectivity index (χ0v) is 13.8. The van der Waals surface area contributed by atoms with Crippen LogP contribution in [0.2, 0.25) is 4.34 Å². The first-order valence-electron chi connectivity index (χ1n) is 6.88. The number of halogens is 3. The van der Waals surface area contributed by atoms with Crippen molar-refractivity contribution in [2.24, 2.45) is 0 Å². The second-order valence-electron chi connectivity index (χ2n) is 5.12. The SMILES string of the molecule is CCCNC(c1cc(C)c(Cl)s1)c1cc(C)c(F)cc1F. The van der Waals surface area contributed by atoms with E-state index >= 15 is 0 Å². The molecule has 0 aliphatic heterocycles. The molecule has 0 spiro atoms. The maximum Gasteiger partial charge on any atom is 0.131 e. The predicted molar refractivity (Wildman–Crippen MR) is 85.3 cm³/mol. The molecule has 2 aromatic rings. The first-order chi connectivity index (χ1) is 9.93. The van der Waals surface area contributed by atoms with Crippen molar-refractivity contribution in [1.29, 1.82) is 0 Å². The maximum atomic E-state index is 14.2. The summed E-state index contributed by atoms with van der Waals surface area (Å²) in [6.45, 7) is 6.35.